The van der Waals surface area contributed by atoms with Crippen LogP contribution >= 0.6 is 0 Å². The van der Waals surface area contributed by atoms with Crippen molar-refractivity contribution in [1.29, 1.82) is 0 Å². The fraction of sp³-hybridized carbons (Fsp3) is 0.571. The zero-order valence-corrected chi connectivity index (χ0v) is 10.9. The Morgan fingerprint density at radius 3 is 2.59 bits per heavy atom. The van der Waals surface area contributed by atoms with Crippen molar-refractivity contribution in [2.45, 2.75) is 26.8 Å². The molecule has 1 rings (SSSR count). The van der Waals surface area contributed by atoms with Crippen molar-refractivity contribution in [3.05, 3.63) is 29.8 Å². The quantitative estimate of drug-likeness (QED) is 0.716. The van der Waals surface area contributed by atoms with Crippen molar-refractivity contribution in [3.63, 3.8) is 0 Å². The highest BCUT2D eigenvalue weighted by Crippen LogP contribution is 2.22. The first-order valence-corrected chi connectivity index (χ1v) is 6.20. The minimum absolute atomic E-state index is 0.138. The molecule has 0 amide bonds. The molecule has 0 aliphatic heterocycles. The Labute approximate surface area is 104 Å². The molecule has 0 aromatic heterocycles. The van der Waals surface area contributed by atoms with Crippen LogP contribution < -0.4 is 5.32 Å². The Morgan fingerprint density at radius 2 is 1.94 bits per heavy atom. The van der Waals surface area contributed by atoms with Crippen LogP contribution in [0.5, 0.6) is 5.75 Å². The molecule has 0 saturated heterocycles. The van der Waals surface area contributed by atoms with Gasteiger partial charge in [0.1, 0.15) is 5.75 Å². The lowest BCUT2D eigenvalue weighted by molar-refractivity contribution is 0.110. The summed E-state index contributed by atoms with van der Waals surface area (Å²) in [6.45, 7) is 8.61. The number of hydrogen-bond acceptors (Lipinski definition) is 3. The molecule has 0 spiro atoms. The highest BCUT2D eigenvalue weighted by molar-refractivity contribution is 5.33. The van der Waals surface area contributed by atoms with E-state index in [1.165, 1.54) is 0 Å². The maximum Gasteiger partial charge on any atom is 0.120 e. The molecule has 1 unspecified atom stereocenters. The van der Waals surface area contributed by atoms with Gasteiger partial charge in [0.15, 0.2) is 0 Å². The molecule has 2 N–H and O–H groups in total. The van der Waals surface area contributed by atoms with Gasteiger partial charge in [0.05, 0.1) is 6.61 Å². The predicted molar refractivity (Wildman–Crippen MR) is 70.2 cm³/mol. The Hall–Kier alpha value is -1.06. The van der Waals surface area contributed by atoms with Crippen LogP contribution in [-0.2, 0) is 4.74 Å². The van der Waals surface area contributed by atoms with E-state index < -0.39 is 0 Å². The van der Waals surface area contributed by atoms with Gasteiger partial charge in [0.2, 0.25) is 0 Å². The van der Waals surface area contributed by atoms with Crippen molar-refractivity contribution in [1.82, 2.24) is 5.32 Å². The largest absolute Gasteiger partial charge is 0.508 e. The van der Waals surface area contributed by atoms with Crippen molar-refractivity contribution in [3.8, 4) is 5.75 Å². The second-order valence-electron chi connectivity index (χ2n) is 4.70. The molecule has 3 nitrogen and oxygen atoms in total. The van der Waals surface area contributed by atoms with Gasteiger partial charge in [-0.1, -0.05) is 32.0 Å². The van der Waals surface area contributed by atoms with E-state index in [0.29, 0.717) is 18.3 Å². The summed E-state index contributed by atoms with van der Waals surface area (Å²) in [5, 5.41) is 13.0. The van der Waals surface area contributed by atoms with E-state index >= 15 is 0 Å². The predicted octanol–water partition coefficient (Wildman–Crippen LogP) is 2.72. The number of phenolic OH excluding ortho intramolecular Hbond substituents is 1. The first kappa shape index (κ1) is 14.0. The Balaban J connectivity index is 2.26. The molecular formula is C14H23NO2. The highest BCUT2D eigenvalue weighted by Gasteiger charge is 2.08. The van der Waals surface area contributed by atoms with E-state index in [1.807, 2.05) is 25.1 Å². The van der Waals surface area contributed by atoms with Crippen LogP contribution in [0.3, 0.4) is 0 Å². The average molecular weight is 237 g/mol. The number of benzene rings is 1. The zero-order chi connectivity index (χ0) is 12.7. The van der Waals surface area contributed by atoms with Crippen molar-refractivity contribution < 1.29 is 9.84 Å². The maximum absolute atomic E-state index is 9.69. The Morgan fingerprint density at radius 1 is 1.24 bits per heavy atom. The van der Waals surface area contributed by atoms with E-state index in [4.69, 9.17) is 4.74 Å². The number of rotatable bonds is 7. The second kappa shape index (κ2) is 7.30. The lowest BCUT2D eigenvalue weighted by Crippen LogP contribution is -2.24. The molecule has 0 aliphatic rings. The minimum Gasteiger partial charge on any atom is -0.508 e. The highest BCUT2D eigenvalue weighted by atomic mass is 16.5. The summed E-state index contributed by atoms with van der Waals surface area (Å²) >= 11 is 0. The molecule has 3 heteroatoms. The fourth-order valence-electron chi connectivity index (χ4n) is 1.63. The maximum atomic E-state index is 9.69. The Kier molecular flexibility index (Phi) is 6.01. The van der Waals surface area contributed by atoms with Gasteiger partial charge in [-0.3, -0.25) is 0 Å². The summed E-state index contributed by atoms with van der Waals surface area (Å²) in [4.78, 5) is 0. The molecule has 0 radical (unpaired) electrons. The van der Waals surface area contributed by atoms with Gasteiger partial charge in [-0.25, -0.2) is 0 Å². The standard InChI is InChI=1S/C14H23NO2/c1-11(2)10-17-9-8-15-12(3)13-6-4-5-7-14(13)16/h4-7,11-12,15-16H,8-10H2,1-3H3. The average Bonchev–Trinajstić information content (AvgIpc) is 2.28. The molecule has 1 aromatic rings. The molecule has 1 aromatic carbocycles. The lowest BCUT2D eigenvalue weighted by Gasteiger charge is -2.15. The first-order valence-electron chi connectivity index (χ1n) is 6.20. The van der Waals surface area contributed by atoms with Gasteiger partial charge in [0.25, 0.3) is 0 Å². The summed E-state index contributed by atoms with van der Waals surface area (Å²) in [5.74, 6) is 0.918. The number of aromatic hydroxyl groups is 1. The van der Waals surface area contributed by atoms with Gasteiger partial charge >= 0.3 is 0 Å². The molecule has 0 heterocycles. The number of hydrogen-bond donors (Lipinski definition) is 2. The second-order valence-corrected chi connectivity index (χ2v) is 4.70. The molecule has 0 aliphatic carbocycles. The van der Waals surface area contributed by atoms with Crippen molar-refractivity contribution in [2.24, 2.45) is 5.92 Å². The first-order chi connectivity index (χ1) is 8.11. The third-order valence-corrected chi connectivity index (χ3v) is 2.55. The minimum atomic E-state index is 0.138. The van der Waals surface area contributed by atoms with Crippen LogP contribution in [-0.4, -0.2) is 24.9 Å². The van der Waals surface area contributed by atoms with Crippen LogP contribution in [0.2, 0.25) is 0 Å². The third kappa shape index (κ3) is 5.20. The summed E-state index contributed by atoms with van der Waals surface area (Å²) in [6.07, 6.45) is 0. The summed E-state index contributed by atoms with van der Waals surface area (Å²) < 4.78 is 5.49. The van der Waals surface area contributed by atoms with Crippen molar-refractivity contribution in [2.75, 3.05) is 19.8 Å². The SMILES string of the molecule is CC(C)COCCNC(C)c1ccccc1O. The van der Waals surface area contributed by atoms with E-state index in [1.54, 1.807) is 6.07 Å². The number of phenols is 1. The molecule has 96 valence electrons. The van der Waals surface area contributed by atoms with Gasteiger partial charge in [-0.05, 0) is 18.9 Å². The zero-order valence-electron chi connectivity index (χ0n) is 10.9. The van der Waals surface area contributed by atoms with E-state index in [-0.39, 0.29) is 6.04 Å². The summed E-state index contributed by atoms with van der Waals surface area (Å²) in [7, 11) is 0. The third-order valence-electron chi connectivity index (χ3n) is 2.55. The van der Waals surface area contributed by atoms with Gasteiger partial charge < -0.3 is 15.2 Å². The summed E-state index contributed by atoms with van der Waals surface area (Å²) in [6, 6.07) is 7.55. The van der Waals surface area contributed by atoms with E-state index in [9.17, 15) is 5.11 Å². The monoisotopic (exact) mass is 237 g/mol. The smallest absolute Gasteiger partial charge is 0.120 e. The number of para-hydroxylation sites is 1. The lowest BCUT2D eigenvalue weighted by atomic mass is 10.1. The van der Waals surface area contributed by atoms with Crippen LogP contribution in [0.1, 0.15) is 32.4 Å². The van der Waals surface area contributed by atoms with Crippen molar-refractivity contribution >= 4 is 0 Å². The van der Waals surface area contributed by atoms with Crippen LogP contribution in [0, 0.1) is 5.92 Å². The van der Waals surface area contributed by atoms with Gasteiger partial charge in [-0.2, -0.15) is 0 Å². The van der Waals surface area contributed by atoms with Crippen LogP contribution in [0.15, 0.2) is 24.3 Å². The fourth-order valence-corrected chi connectivity index (χ4v) is 1.63. The number of nitrogens with one attached hydrogen (secondary N) is 1. The number of ether oxygens (including phenoxy) is 1. The molecule has 0 fully saturated rings. The molecule has 0 bridgehead atoms. The Bertz CT molecular complexity index is 326. The molecule has 17 heavy (non-hydrogen) atoms. The van der Waals surface area contributed by atoms with Crippen LogP contribution in [0.25, 0.3) is 0 Å². The van der Waals surface area contributed by atoms with E-state index in [2.05, 4.69) is 19.2 Å². The summed E-state index contributed by atoms with van der Waals surface area (Å²) in [5.41, 5.74) is 0.927. The molecule has 1 atom stereocenters. The topological polar surface area (TPSA) is 41.5 Å². The van der Waals surface area contributed by atoms with Crippen LogP contribution in [0.4, 0.5) is 0 Å². The van der Waals surface area contributed by atoms with Gasteiger partial charge in [-0.15, -0.1) is 0 Å². The van der Waals surface area contributed by atoms with Gasteiger partial charge in [0, 0.05) is 24.8 Å². The van der Waals surface area contributed by atoms with E-state index in [0.717, 1.165) is 18.7 Å². The molecule has 0 saturated carbocycles. The normalized spacial score (nSPS) is 12.9. The molecular weight excluding hydrogens is 214 g/mol.